The number of imidazole rings is 1. The molecule has 0 bridgehead atoms. The zero-order chi connectivity index (χ0) is 12.1. The Hall–Kier alpha value is -1.40. The number of fused-ring (bicyclic) bond motifs is 1. The molecule has 0 unspecified atom stereocenters. The molecule has 2 aromatic heterocycles. The van der Waals surface area contributed by atoms with E-state index in [0.717, 1.165) is 18.4 Å². The van der Waals surface area contributed by atoms with Crippen molar-refractivity contribution >= 4 is 15.5 Å². The van der Waals surface area contributed by atoms with Crippen molar-refractivity contribution in [2.75, 3.05) is 0 Å². The van der Waals surface area contributed by atoms with Crippen LogP contribution in [-0.4, -0.2) is 23.3 Å². The van der Waals surface area contributed by atoms with Crippen LogP contribution in [0.4, 0.5) is 0 Å². The van der Waals surface area contributed by atoms with E-state index in [1.807, 2.05) is 6.92 Å². The maximum absolute atomic E-state index is 12.1. The Morgan fingerprint density at radius 3 is 2.88 bits per heavy atom. The van der Waals surface area contributed by atoms with Crippen molar-refractivity contribution in [2.24, 2.45) is 0 Å². The van der Waals surface area contributed by atoms with Crippen molar-refractivity contribution in [1.82, 2.24) is 14.1 Å². The van der Waals surface area contributed by atoms with Gasteiger partial charge in [0.15, 0.2) is 0 Å². The van der Waals surface area contributed by atoms with Gasteiger partial charge in [-0.25, -0.2) is 18.1 Å². The minimum absolute atomic E-state index is 0.247. The summed E-state index contributed by atoms with van der Waals surface area (Å²) in [4.78, 5) is 4.23. The number of aromatic nitrogens is 2. The lowest BCUT2D eigenvalue weighted by Crippen LogP contribution is -2.34. The van der Waals surface area contributed by atoms with Crippen LogP contribution in [-0.2, 0) is 10.0 Å². The predicted octanol–water partition coefficient (Wildman–Crippen LogP) is 1.17. The Kier molecular flexibility index (Phi) is 2.08. The Balaban J connectivity index is 2.01. The average Bonchev–Trinajstić information content (AvgIpc) is 2.81. The monoisotopic (exact) mass is 251 g/mol. The predicted molar refractivity (Wildman–Crippen MR) is 63.2 cm³/mol. The van der Waals surface area contributed by atoms with Gasteiger partial charge in [-0.1, -0.05) is 0 Å². The van der Waals surface area contributed by atoms with Crippen LogP contribution in [0.3, 0.4) is 0 Å². The first-order valence-electron chi connectivity index (χ1n) is 5.44. The second-order valence-electron chi connectivity index (χ2n) is 4.76. The molecule has 0 spiro atoms. The van der Waals surface area contributed by atoms with E-state index in [2.05, 4.69) is 9.71 Å². The average molecular weight is 251 g/mol. The van der Waals surface area contributed by atoms with Crippen LogP contribution >= 0.6 is 0 Å². The SMILES string of the molecule is CC1(NS(=O)(=O)c2ccc3cncn3c2)CC1. The van der Waals surface area contributed by atoms with Gasteiger partial charge in [-0.15, -0.1) is 0 Å². The molecule has 5 nitrogen and oxygen atoms in total. The van der Waals surface area contributed by atoms with Gasteiger partial charge in [0, 0.05) is 11.7 Å². The number of hydrogen-bond donors (Lipinski definition) is 1. The number of nitrogens with one attached hydrogen (secondary N) is 1. The van der Waals surface area contributed by atoms with Crippen LogP contribution in [0.5, 0.6) is 0 Å². The van der Waals surface area contributed by atoms with Gasteiger partial charge in [0.1, 0.15) is 0 Å². The zero-order valence-corrected chi connectivity index (χ0v) is 10.2. The molecular weight excluding hydrogens is 238 g/mol. The first-order valence-corrected chi connectivity index (χ1v) is 6.93. The van der Waals surface area contributed by atoms with E-state index in [1.54, 1.807) is 35.3 Å². The highest BCUT2D eigenvalue weighted by atomic mass is 32.2. The van der Waals surface area contributed by atoms with Crippen LogP contribution in [0.15, 0.2) is 35.7 Å². The summed E-state index contributed by atoms with van der Waals surface area (Å²) in [5.74, 6) is 0. The van der Waals surface area contributed by atoms with E-state index in [0.29, 0.717) is 0 Å². The molecule has 0 saturated heterocycles. The van der Waals surface area contributed by atoms with Crippen molar-refractivity contribution in [3.63, 3.8) is 0 Å². The Morgan fingerprint density at radius 2 is 2.18 bits per heavy atom. The minimum Gasteiger partial charge on any atom is -0.305 e. The van der Waals surface area contributed by atoms with E-state index in [4.69, 9.17) is 0 Å². The molecular formula is C11H13N3O2S. The van der Waals surface area contributed by atoms with Gasteiger partial charge in [0.05, 0.1) is 22.9 Å². The number of rotatable bonds is 3. The third kappa shape index (κ3) is 1.94. The van der Waals surface area contributed by atoms with Gasteiger partial charge >= 0.3 is 0 Å². The van der Waals surface area contributed by atoms with Gasteiger partial charge in [0.25, 0.3) is 0 Å². The highest BCUT2D eigenvalue weighted by molar-refractivity contribution is 7.89. The Labute approximate surface area is 99.5 Å². The van der Waals surface area contributed by atoms with E-state index in [9.17, 15) is 8.42 Å². The van der Waals surface area contributed by atoms with Crippen molar-refractivity contribution in [3.8, 4) is 0 Å². The summed E-state index contributed by atoms with van der Waals surface area (Å²) in [7, 11) is -3.42. The highest BCUT2D eigenvalue weighted by Gasteiger charge is 2.41. The summed E-state index contributed by atoms with van der Waals surface area (Å²) in [5, 5.41) is 0. The van der Waals surface area contributed by atoms with Gasteiger partial charge < -0.3 is 4.40 Å². The summed E-state index contributed by atoms with van der Waals surface area (Å²) in [6, 6.07) is 3.35. The zero-order valence-electron chi connectivity index (χ0n) is 9.42. The first-order chi connectivity index (χ1) is 7.99. The minimum atomic E-state index is -3.42. The molecule has 0 atom stereocenters. The van der Waals surface area contributed by atoms with Gasteiger partial charge in [-0.2, -0.15) is 0 Å². The van der Waals surface area contributed by atoms with Crippen LogP contribution in [0, 0.1) is 0 Å². The van der Waals surface area contributed by atoms with Gasteiger partial charge in [-0.05, 0) is 31.9 Å². The molecule has 90 valence electrons. The van der Waals surface area contributed by atoms with Crippen LogP contribution in [0.25, 0.3) is 5.52 Å². The van der Waals surface area contributed by atoms with Crippen molar-refractivity contribution in [2.45, 2.75) is 30.2 Å². The number of nitrogens with zero attached hydrogens (tertiary/aromatic N) is 2. The summed E-state index contributed by atoms with van der Waals surface area (Å²) in [6.07, 6.45) is 6.66. The van der Waals surface area contributed by atoms with Crippen LogP contribution in [0.2, 0.25) is 0 Å². The van der Waals surface area contributed by atoms with E-state index >= 15 is 0 Å². The van der Waals surface area contributed by atoms with Gasteiger partial charge in [0.2, 0.25) is 10.0 Å². The van der Waals surface area contributed by atoms with Crippen molar-refractivity contribution in [1.29, 1.82) is 0 Å². The summed E-state index contributed by atoms with van der Waals surface area (Å²) in [6.45, 7) is 1.92. The molecule has 0 radical (unpaired) electrons. The lowest BCUT2D eigenvalue weighted by atomic mass is 10.4. The summed E-state index contributed by atoms with van der Waals surface area (Å²) < 4.78 is 28.6. The van der Waals surface area contributed by atoms with E-state index in [-0.39, 0.29) is 10.4 Å². The summed E-state index contributed by atoms with van der Waals surface area (Å²) >= 11 is 0. The second kappa shape index (κ2) is 3.30. The fourth-order valence-corrected chi connectivity index (χ4v) is 3.20. The van der Waals surface area contributed by atoms with E-state index in [1.165, 1.54) is 0 Å². The molecule has 2 aromatic rings. The third-order valence-electron chi connectivity index (χ3n) is 3.07. The molecule has 1 fully saturated rings. The highest BCUT2D eigenvalue weighted by Crippen LogP contribution is 2.35. The van der Waals surface area contributed by atoms with Crippen LogP contribution in [0.1, 0.15) is 19.8 Å². The van der Waals surface area contributed by atoms with E-state index < -0.39 is 10.0 Å². The molecule has 1 N–H and O–H groups in total. The molecule has 6 heteroatoms. The molecule has 2 heterocycles. The number of sulfonamides is 1. The molecule has 17 heavy (non-hydrogen) atoms. The van der Waals surface area contributed by atoms with Gasteiger partial charge in [-0.3, -0.25) is 0 Å². The fraction of sp³-hybridized carbons (Fsp3) is 0.364. The number of hydrogen-bond acceptors (Lipinski definition) is 3. The maximum atomic E-state index is 12.1. The number of pyridine rings is 1. The smallest absolute Gasteiger partial charge is 0.242 e. The maximum Gasteiger partial charge on any atom is 0.242 e. The fourth-order valence-electron chi connectivity index (χ4n) is 1.73. The first kappa shape index (κ1) is 10.7. The standard InChI is InChI=1S/C11H13N3O2S/c1-11(4-5-11)13-17(15,16)10-3-2-9-6-12-8-14(9)7-10/h2-3,6-8,13H,4-5H2,1H3. The summed E-state index contributed by atoms with van der Waals surface area (Å²) in [5.41, 5.74) is 0.629. The molecule has 1 aliphatic rings. The lowest BCUT2D eigenvalue weighted by molar-refractivity contribution is 0.557. The topological polar surface area (TPSA) is 63.5 Å². The molecule has 0 aliphatic heterocycles. The van der Waals surface area contributed by atoms with Crippen molar-refractivity contribution < 1.29 is 8.42 Å². The lowest BCUT2D eigenvalue weighted by Gasteiger charge is -2.12. The molecule has 0 amide bonds. The molecule has 1 saturated carbocycles. The third-order valence-corrected chi connectivity index (χ3v) is 4.70. The molecule has 3 rings (SSSR count). The Morgan fingerprint density at radius 1 is 1.41 bits per heavy atom. The quantitative estimate of drug-likeness (QED) is 0.890. The molecule has 0 aromatic carbocycles. The normalized spacial score (nSPS) is 18.4. The van der Waals surface area contributed by atoms with Crippen molar-refractivity contribution in [3.05, 3.63) is 30.9 Å². The largest absolute Gasteiger partial charge is 0.305 e. The second-order valence-corrected chi connectivity index (χ2v) is 6.44. The molecule has 1 aliphatic carbocycles. The van der Waals surface area contributed by atoms with Crippen LogP contribution < -0.4 is 4.72 Å². The Bertz CT molecular complexity index is 671.